The first kappa shape index (κ1) is 24.9. The minimum Gasteiger partial charge on any atom is -0.508 e. The molecule has 0 aliphatic carbocycles. The number of carbonyl (C=O) groups excluding carboxylic acids is 2. The Morgan fingerprint density at radius 2 is 1.78 bits per heavy atom. The molecular formula is C28H25F2NO5. The largest absolute Gasteiger partial charge is 0.508 e. The number of carbonyl (C=O) groups is 2. The summed E-state index contributed by atoms with van der Waals surface area (Å²) in [6, 6.07) is 10.3. The van der Waals surface area contributed by atoms with E-state index in [1.165, 1.54) is 31.4 Å². The molecule has 2 N–H and O–H groups in total. The summed E-state index contributed by atoms with van der Waals surface area (Å²) in [5, 5.41) is 21.5. The van der Waals surface area contributed by atoms with Crippen LogP contribution >= 0.6 is 0 Å². The van der Waals surface area contributed by atoms with Gasteiger partial charge in [0.1, 0.15) is 28.9 Å². The smallest absolute Gasteiger partial charge is 0.300 e. The fourth-order valence-corrected chi connectivity index (χ4v) is 4.49. The number of aliphatic hydroxyl groups is 1. The van der Waals surface area contributed by atoms with Crippen LogP contribution < -0.4 is 9.64 Å². The Balaban J connectivity index is 2.03. The maximum atomic E-state index is 14.8. The molecule has 8 heteroatoms. The monoisotopic (exact) mass is 493 g/mol. The van der Waals surface area contributed by atoms with Crippen LogP contribution in [0.3, 0.4) is 0 Å². The number of benzene rings is 3. The maximum absolute atomic E-state index is 14.8. The Morgan fingerprint density at radius 3 is 2.42 bits per heavy atom. The van der Waals surface area contributed by atoms with Crippen molar-refractivity contribution in [3.63, 3.8) is 0 Å². The van der Waals surface area contributed by atoms with Gasteiger partial charge < -0.3 is 14.9 Å². The van der Waals surface area contributed by atoms with E-state index in [2.05, 4.69) is 0 Å². The van der Waals surface area contributed by atoms with Crippen molar-refractivity contribution in [1.29, 1.82) is 0 Å². The number of ketones is 1. The number of nitrogens with zero attached hydrogens (tertiary/aromatic N) is 1. The van der Waals surface area contributed by atoms with Crippen LogP contribution in [0.1, 0.15) is 48.1 Å². The van der Waals surface area contributed by atoms with Crippen LogP contribution in [0.2, 0.25) is 0 Å². The van der Waals surface area contributed by atoms with Gasteiger partial charge in [-0.15, -0.1) is 0 Å². The van der Waals surface area contributed by atoms with E-state index in [1.54, 1.807) is 19.1 Å². The van der Waals surface area contributed by atoms with Gasteiger partial charge in [-0.25, -0.2) is 8.78 Å². The number of anilines is 1. The summed E-state index contributed by atoms with van der Waals surface area (Å²) >= 11 is 0. The second kappa shape index (κ2) is 9.45. The average Bonchev–Trinajstić information content (AvgIpc) is 3.10. The summed E-state index contributed by atoms with van der Waals surface area (Å²) in [7, 11) is 1.53. The second-order valence-corrected chi connectivity index (χ2v) is 8.92. The molecule has 1 saturated heterocycles. The third kappa shape index (κ3) is 4.19. The number of aliphatic hydroxyl groups excluding tert-OH is 1. The van der Waals surface area contributed by atoms with Crippen LogP contribution in [0, 0.1) is 18.6 Å². The van der Waals surface area contributed by atoms with Gasteiger partial charge in [-0.1, -0.05) is 26.0 Å². The molecule has 1 heterocycles. The number of aryl methyl sites for hydroxylation is 1. The minimum atomic E-state index is -1.32. The summed E-state index contributed by atoms with van der Waals surface area (Å²) < 4.78 is 34.4. The molecule has 0 radical (unpaired) electrons. The fourth-order valence-electron chi connectivity index (χ4n) is 4.49. The zero-order valence-electron chi connectivity index (χ0n) is 20.2. The molecule has 1 fully saturated rings. The highest BCUT2D eigenvalue weighted by Crippen LogP contribution is 2.44. The van der Waals surface area contributed by atoms with Crippen LogP contribution in [0.25, 0.3) is 5.76 Å². The van der Waals surface area contributed by atoms with Gasteiger partial charge in [0.05, 0.1) is 24.4 Å². The zero-order chi connectivity index (χ0) is 26.3. The third-order valence-corrected chi connectivity index (χ3v) is 6.25. The molecule has 1 amide bonds. The van der Waals surface area contributed by atoms with Crippen molar-refractivity contribution in [3.8, 4) is 11.5 Å². The van der Waals surface area contributed by atoms with Crippen molar-refractivity contribution >= 4 is 23.1 Å². The number of halogens is 2. The van der Waals surface area contributed by atoms with E-state index in [1.807, 2.05) is 13.8 Å². The number of aromatic hydroxyl groups is 1. The Hall–Kier alpha value is -4.20. The average molecular weight is 494 g/mol. The number of phenols is 1. The molecule has 3 aromatic carbocycles. The first-order valence-corrected chi connectivity index (χ1v) is 11.3. The fraction of sp³-hybridized carbons (Fsp3) is 0.214. The lowest BCUT2D eigenvalue weighted by molar-refractivity contribution is -0.132. The lowest BCUT2D eigenvalue weighted by Gasteiger charge is -2.26. The molecule has 1 aliphatic heterocycles. The van der Waals surface area contributed by atoms with Crippen molar-refractivity contribution in [2.24, 2.45) is 0 Å². The number of ether oxygens (including phenoxy) is 1. The molecular weight excluding hydrogens is 468 g/mol. The number of Topliss-reactive ketones (excluding diaryl/α,β-unsaturated/α-hetero) is 1. The summed E-state index contributed by atoms with van der Waals surface area (Å²) in [6.45, 7) is 5.60. The molecule has 1 unspecified atom stereocenters. The van der Waals surface area contributed by atoms with Crippen molar-refractivity contribution in [1.82, 2.24) is 0 Å². The molecule has 36 heavy (non-hydrogen) atoms. The number of methoxy groups -OCH3 is 1. The standard InChI is InChI=1S/C28H25F2NO5/c1-14(2)19-13-20(15(3)10-23(19)36-4)26(33)24-25(16-6-5-7-18(32)11-16)31(28(35)27(24)34)22-12-17(29)8-9-21(22)30/h5-14,25,32-33H,1-4H3/b26-24+. The quantitative estimate of drug-likeness (QED) is 0.269. The van der Waals surface area contributed by atoms with Gasteiger partial charge in [0.2, 0.25) is 0 Å². The van der Waals surface area contributed by atoms with E-state index in [4.69, 9.17) is 4.74 Å². The van der Waals surface area contributed by atoms with E-state index < -0.39 is 40.8 Å². The molecule has 1 atom stereocenters. The number of amides is 1. The van der Waals surface area contributed by atoms with E-state index in [0.29, 0.717) is 16.9 Å². The van der Waals surface area contributed by atoms with E-state index >= 15 is 0 Å². The van der Waals surface area contributed by atoms with Crippen LogP contribution in [0.4, 0.5) is 14.5 Å². The SMILES string of the molecule is COc1cc(C)c(/C(O)=C2\C(=O)C(=O)N(c3cc(F)ccc3F)C2c2cccc(O)c2)cc1C(C)C. The van der Waals surface area contributed by atoms with Gasteiger partial charge >= 0.3 is 0 Å². The van der Waals surface area contributed by atoms with E-state index in [9.17, 15) is 28.6 Å². The number of hydrogen-bond acceptors (Lipinski definition) is 5. The van der Waals surface area contributed by atoms with Crippen molar-refractivity contribution in [3.05, 3.63) is 94.1 Å². The topological polar surface area (TPSA) is 87.1 Å². The normalized spacial score (nSPS) is 17.2. The maximum Gasteiger partial charge on any atom is 0.300 e. The molecule has 0 saturated carbocycles. The molecule has 0 spiro atoms. The summed E-state index contributed by atoms with van der Waals surface area (Å²) in [5.74, 6) is -3.95. The minimum absolute atomic E-state index is 0.0118. The third-order valence-electron chi connectivity index (χ3n) is 6.25. The molecule has 3 aromatic rings. The number of hydrogen-bond donors (Lipinski definition) is 2. The van der Waals surface area contributed by atoms with Crippen LogP contribution in [-0.4, -0.2) is 29.0 Å². The lowest BCUT2D eigenvalue weighted by Crippen LogP contribution is -2.30. The number of rotatable bonds is 5. The predicted octanol–water partition coefficient (Wildman–Crippen LogP) is 5.74. The van der Waals surface area contributed by atoms with E-state index in [0.717, 1.165) is 28.7 Å². The second-order valence-electron chi connectivity index (χ2n) is 8.92. The van der Waals surface area contributed by atoms with E-state index in [-0.39, 0.29) is 22.8 Å². The molecule has 186 valence electrons. The first-order valence-electron chi connectivity index (χ1n) is 11.3. The zero-order valence-corrected chi connectivity index (χ0v) is 20.2. The Kier molecular flexibility index (Phi) is 6.54. The van der Waals surface area contributed by atoms with Crippen molar-refractivity contribution in [2.45, 2.75) is 32.7 Å². The van der Waals surface area contributed by atoms with Gasteiger partial charge in [0, 0.05) is 11.6 Å². The Labute approximate surface area is 207 Å². The van der Waals surface area contributed by atoms with Crippen molar-refractivity contribution in [2.75, 3.05) is 12.0 Å². The lowest BCUT2D eigenvalue weighted by atomic mass is 9.91. The Morgan fingerprint density at radius 1 is 1.06 bits per heavy atom. The molecule has 6 nitrogen and oxygen atoms in total. The first-order chi connectivity index (χ1) is 17.0. The Bertz CT molecular complexity index is 1410. The molecule has 0 aromatic heterocycles. The summed E-state index contributed by atoms with van der Waals surface area (Å²) in [4.78, 5) is 27.3. The van der Waals surface area contributed by atoms with Gasteiger partial charge in [-0.05, 0) is 65.9 Å². The van der Waals surface area contributed by atoms with Crippen LogP contribution in [0.15, 0.2) is 60.2 Å². The van der Waals surface area contributed by atoms with Gasteiger partial charge in [0.25, 0.3) is 11.7 Å². The van der Waals surface area contributed by atoms with Crippen LogP contribution in [0.5, 0.6) is 11.5 Å². The van der Waals surface area contributed by atoms with Crippen molar-refractivity contribution < 1.29 is 33.3 Å². The summed E-state index contributed by atoms with van der Waals surface area (Å²) in [6.07, 6.45) is 0. The molecule has 4 rings (SSSR count). The number of phenolic OH excluding ortho intramolecular Hbond substituents is 1. The van der Waals surface area contributed by atoms with Gasteiger partial charge in [0.15, 0.2) is 0 Å². The molecule has 1 aliphatic rings. The highest BCUT2D eigenvalue weighted by molar-refractivity contribution is 6.51. The highest BCUT2D eigenvalue weighted by Gasteiger charge is 2.48. The van der Waals surface area contributed by atoms with Gasteiger partial charge in [-0.2, -0.15) is 0 Å². The predicted molar refractivity (Wildman–Crippen MR) is 131 cm³/mol. The van der Waals surface area contributed by atoms with Crippen LogP contribution in [-0.2, 0) is 9.59 Å². The summed E-state index contributed by atoms with van der Waals surface area (Å²) in [5.41, 5.74) is 1.10. The van der Waals surface area contributed by atoms with Gasteiger partial charge in [-0.3, -0.25) is 14.5 Å². The molecule has 0 bridgehead atoms. The highest BCUT2D eigenvalue weighted by atomic mass is 19.1.